The van der Waals surface area contributed by atoms with Crippen LogP contribution in [0.3, 0.4) is 0 Å². The number of halogens is 1. The van der Waals surface area contributed by atoms with Crippen LogP contribution in [0, 0.1) is 9.49 Å². The van der Waals surface area contributed by atoms with Gasteiger partial charge in [0.1, 0.15) is 11.5 Å². The first-order valence-corrected chi connectivity index (χ1v) is 5.45. The van der Waals surface area contributed by atoms with E-state index in [0.717, 1.165) is 21.8 Å². The Labute approximate surface area is 91.1 Å². The monoisotopic (exact) mass is 290 g/mol. The maximum absolute atomic E-state index is 9.39. The predicted molar refractivity (Wildman–Crippen MR) is 59.0 cm³/mol. The molecule has 1 aromatic rings. The van der Waals surface area contributed by atoms with E-state index in [2.05, 4.69) is 22.6 Å². The third-order valence-corrected chi connectivity index (χ3v) is 3.01. The van der Waals surface area contributed by atoms with Crippen LogP contribution in [0.25, 0.3) is 0 Å². The van der Waals surface area contributed by atoms with Gasteiger partial charge in [0.2, 0.25) is 0 Å². The lowest BCUT2D eigenvalue weighted by atomic mass is 10.3. The second-order valence-electron chi connectivity index (χ2n) is 3.37. The summed E-state index contributed by atoms with van der Waals surface area (Å²) in [6.45, 7) is 0.792. The normalized spacial score (nSPS) is 15.8. The van der Waals surface area contributed by atoms with Gasteiger partial charge in [-0.15, -0.1) is 0 Å². The molecule has 1 aromatic carbocycles. The van der Waals surface area contributed by atoms with Crippen LogP contribution in [0.4, 0.5) is 0 Å². The Morgan fingerprint density at radius 2 is 2.23 bits per heavy atom. The molecule has 0 amide bonds. The lowest BCUT2D eigenvalue weighted by Gasteiger charge is -2.05. The minimum absolute atomic E-state index is 0.300. The van der Waals surface area contributed by atoms with Gasteiger partial charge in [0.05, 0.1) is 10.2 Å². The molecule has 2 rings (SSSR count). The first-order valence-electron chi connectivity index (χ1n) is 4.37. The molecule has 1 fully saturated rings. The first kappa shape index (κ1) is 9.12. The van der Waals surface area contributed by atoms with Gasteiger partial charge in [-0.1, -0.05) is 0 Å². The Morgan fingerprint density at radius 3 is 2.85 bits per heavy atom. The number of hydrogen-bond donors (Lipinski definition) is 1. The molecule has 0 aliphatic heterocycles. The van der Waals surface area contributed by atoms with Crippen molar-refractivity contribution < 1.29 is 9.84 Å². The van der Waals surface area contributed by atoms with E-state index in [1.807, 2.05) is 12.1 Å². The molecule has 0 spiro atoms. The number of phenolic OH excluding ortho intramolecular Hbond substituents is 1. The maximum atomic E-state index is 9.39. The summed E-state index contributed by atoms with van der Waals surface area (Å²) in [5.74, 6) is 1.82. The van der Waals surface area contributed by atoms with Crippen molar-refractivity contribution in [1.82, 2.24) is 0 Å². The van der Waals surface area contributed by atoms with Crippen LogP contribution in [0.1, 0.15) is 12.8 Å². The molecule has 1 saturated carbocycles. The molecule has 1 aliphatic rings. The molecule has 0 aromatic heterocycles. The molecule has 0 atom stereocenters. The summed E-state index contributed by atoms with van der Waals surface area (Å²) in [6.07, 6.45) is 2.58. The van der Waals surface area contributed by atoms with Crippen LogP contribution in [0.5, 0.6) is 11.5 Å². The average molecular weight is 290 g/mol. The predicted octanol–water partition coefficient (Wildman–Crippen LogP) is 2.79. The van der Waals surface area contributed by atoms with Gasteiger partial charge in [0.25, 0.3) is 0 Å². The molecule has 70 valence electrons. The number of benzene rings is 1. The fourth-order valence-corrected chi connectivity index (χ4v) is 1.42. The van der Waals surface area contributed by atoms with Gasteiger partial charge < -0.3 is 9.84 Å². The van der Waals surface area contributed by atoms with Crippen molar-refractivity contribution in [1.29, 1.82) is 0 Å². The Balaban J connectivity index is 1.98. The summed E-state index contributed by atoms with van der Waals surface area (Å²) < 4.78 is 6.36. The van der Waals surface area contributed by atoms with Crippen LogP contribution >= 0.6 is 22.6 Å². The van der Waals surface area contributed by atoms with Crippen LogP contribution < -0.4 is 4.74 Å². The first-order chi connectivity index (χ1) is 6.25. The van der Waals surface area contributed by atoms with Crippen LogP contribution in [0.2, 0.25) is 0 Å². The van der Waals surface area contributed by atoms with Crippen molar-refractivity contribution in [2.45, 2.75) is 12.8 Å². The number of ether oxygens (including phenoxy) is 1. The van der Waals surface area contributed by atoms with Crippen LogP contribution in [-0.2, 0) is 0 Å². The number of aromatic hydroxyl groups is 1. The zero-order chi connectivity index (χ0) is 9.26. The summed E-state index contributed by atoms with van der Waals surface area (Å²) in [6, 6.07) is 5.42. The van der Waals surface area contributed by atoms with Crippen LogP contribution in [0.15, 0.2) is 18.2 Å². The molecule has 0 saturated heterocycles. The molecule has 0 bridgehead atoms. The SMILES string of the molecule is Oc1cc(OCC2CC2)ccc1I. The Bertz CT molecular complexity index is 308. The van der Waals surface area contributed by atoms with Gasteiger partial charge in [0.15, 0.2) is 0 Å². The maximum Gasteiger partial charge on any atom is 0.132 e. The van der Waals surface area contributed by atoms with Crippen molar-refractivity contribution >= 4 is 22.6 Å². The Hall–Kier alpha value is -0.450. The van der Waals surface area contributed by atoms with Crippen molar-refractivity contribution in [3.8, 4) is 11.5 Å². The standard InChI is InChI=1S/C10H11IO2/c11-9-4-3-8(5-10(9)12)13-6-7-1-2-7/h3-5,7,12H,1-2,6H2. The largest absolute Gasteiger partial charge is 0.507 e. The molecular weight excluding hydrogens is 279 g/mol. The minimum atomic E-state index is 0.300. The summed E-state index contributed by atoms with van der Waals surface area (Å²) in [4.78, 5) is 0. The van der Waals surface area contributed by atoms with Gasteiger partial charge in [-0.25, -0.2) is 0 Å². The smallest absolute Gasteiger partial charge is 0.132 e. The van der Waals surface area contributed by atoms with Gasteiger partial charge in [-0.2, -0.15) is 0 Å². The van der Waals surface area contributed by atoms with E-state index in [4.69, 9.17) is 4.74 Å². The second-order valence-corrected chi connectivity index (χ2v) is 4.53. The van der Waals surface area contributed by atoms with Gasteiger partial charge in [0, 0.05) is 6.07 Å². The summed E-state index contributed by atoms with van der Waals surface area (Å²) in [5.41, 5.74) is 0. The van der Waals surface area contributed by atoms with E-state index in [9.17, 15) is 5.11 Å². The summed E-state index contributed by atoms with van der Waals surface area (Å²) in [5, 5.41) is 9.39. The third-order valence-electron chi connectivity index (χ3n) is 2.10. The topological polar surface area (TPSA) is 29.5 Å². The second kappa shape index (κ2) is 3.74. The van der Waals surface area contributed by atoms with E-state index in [1.54, 1.807) is 6.07 Å². The Morgan fingerprint density at radius 1 is 1.46 bits per heavy atom. The molecule has 1 aliphatic carbocycles. The highest BCUT2D eigenvalue weighted by atomic mass is 127. The fourth-order valence-electron chi connectivity index (χ4n) is 1.08. The number of hydrogen-bond acceptors (Lipinski definition) is 2. The quantitative estimate of drug-likeness (QED) is 0.867. The van der Waals surface area contributed by atoms with Crippen molar-refractivity contribution in [2.24, 2.45) is 5.92 Å². The lowest BCUT2D eigenvalue weighted by Crippen LogP contribution is -1.98. The zero-order valence-electron chi connectivity index (χ0n) is 7.16. The zero-order valence-corrected chi connectivity index (χ0v) is 9.32. The molecule has 2 nitrogen and oxygen atoms in total. The van der Waals surface area contributed by atoms with Crippen LogP contribution in [-0.4, -0.2) is 11.7 Å². The van der Waals surface area contributed by atoms with E-state index >= 15 is 0 Å². The molecule has 0 radical (unpaired) electrons. The van der Waals surface area contributed by atoms with Gasteiger partial charge in [-0.3, -0.25) is 0 Å². The van der Waals surface area contributed by atoms with Crippen molar-refractivity contribution in [3.63, 3.8) is 0 Å². The molecule has 1 N–H and O–H groups in total. The lowest BCUT2D eigenvalue weighted by molar-refractivity contribution is 0.298. The summed E-state index contributed by atoms with van der Waals surface area (Å²) >= 11 is 2.09. The average Bonchev–Trinajstić information content (AvgIpc) is 2.91. The highest BCUT2D eigenvalue weighted by molar-refractivity contribution is 14.1. The van der Waals surface area contributed by atoms with E-state index in [0.29, 0.717) is 5.75 Å². The van der Waals surface area contributed by atoms with Crippen molar-refractivity contribution in [2.75, 3.05) is 6.61 Å². The summed E-state index contributed by atoms with van der Waals surface area (Å²) in [7, 11) is 0. The van der Waals surface area contributed by atoms with E-state index in [-0.39, 0.29) is 0 Å². The Kier molecular flexibility index (Phi) is 2.62. The molecule has 0 unspecified atom stereocenters. The number of phenols is 1. The fraction of sp³-hybridized carbons (Fsp3) is 0.400. The highest BCUT2D eigenvalue weighted by Gasteiger charge is 2.21. The van der Waals surface area contributed by atoms with Crippen molar-refractivity contribution in [3.05, 3.63) is 21.8 Å². The van der Waals surface area contributed by atoms with E-state index in [1.165, 1.54) is 12.8 Å². The molecule has 0 heterocycles. The third kappa shape index (κ3) is 2.49. The van der Waals surface area contributed by atoms with Gasteiger partial charge in [-0.05, 0) is 53.5 Å². The molecular formula is C10H11IO2. The minimum Gasteiger partial charge on any atom is -0.507 e. The van der Waals surface area contributed by atoms with Gasteiger partial charge >= 0.3 is 0 Å². The molecule has 13 heavy (non-hydrogen) atoms. The number of rotatable bonds is 3. The molecule has 3 heteroatoms. The van der Waals surface area contributed by atoms with E-state index < -0.39 is 0 Å². The highest BCUT2D eigenvalue weighted by Crippen LogP contribution is 2.31.